The van der Waals surface area contributed by atoms with Gasteiger partial charge in [0.2, 0.25) is 11.8 Å². The average Bonchev–Trinajstić information content (AvgIpc) is 2.92. The standard InChI is InChI=1S/C30H35Cl2N3O4S/c1-5-14-33-30(37)28(6-2)34(19-23-12-13-26(31)27(32)18-23)29(36)20-35(24-16-21(3)15-22(4)17-24)40(38,39)25-10-8-7-9-11-25/h7-13,15-18,28H,5-6,14,19-20H2,1-4H3,(H,33,37). The van der Waals surface area contributed by atoms with Crippen LogP contribution in [0.5, 0.6) is 0 Å². The van der Waals surface area contributed by atoms with E-state index in [4.69, 9.17) is 23.2 Å². The molecule has 0 aromatic heterocycles. The summed E-state index contributed by atoms with van der Waals surface area (Å²) in [6.07, 6.45) is 1.07. The van der Waals surface area contributed by atoms with E-state index in [1.807, 2.05) is 33.8 Å². The Morgan fingerprint density at radius 2 is 1.55 bits per heavy atom. The Bertz CT molecular complexity index is 1430. The van der Waals surface area contributed by atoms with Gasteiger partial charge in [-0.2, -0.15) is 0 Å². The molecule has 0 aliphatic heterocycles. The van der Waals surface area contributed by atoms with E-state index in [2.05, 4.69) is 5.32 Å². The van der Waals surface area contributed by atoms with Crippen molar-refractivity contribution in [3.63, 3.8) is 0 Å². The average molecular weight is 605 g/mol. The van der Waals surface area contributed by atoms with E-state index < -0.39 is 28.5 Å². The molecule has 3 aromatic carbocycles. The van der Waals surface area contributed by atoms with Crippen molar-refractivity contribution in [3.05, 3.63) is 93.5 Å². The van der Waals surface area contributed by atoms with E-state index >= 15 is 0 Å². The van der Waals surface area contributed by atoms with Gasteiger partial charge in [0, 0.05) is 13.1 Å². The zero-order valence-electron chi connectivity index (χ0n) is 23.2. The van der Waals surface area contributed by atoms with Crippen molar-refractivity contribution in [1.82, 2.24) is 10.2 Å². The summed E-state index contributed by atoms with van der Waals surface area (Å²) in [4.78, 5) is 28.7. The minimum absolute atomic E-state index is 0.0415. The topological polar surface area (TPSA) is 86.8 Å². The number of carbonyl (C=O) groups is 2. The maximum Gasteiger partial charge on any atom is 0.264 e. The third-order valence-corrected chi connectivity index (χ3v) is 8.90. The Balaban J connectivity index is 2.08. The van der Waals surface area contributed by atoms with Crippen LogP contribution in [-0.4, -0.2) is 44.3 Å². The molecule has 214 valence electrons. The van der Waals surface area contributed by atoms with E-state index in [-0.39, 0.29) is 17.3 Å². The Kier molecular flexibility index (Phi) is 11.0. The summed E-state index contributed by atoms with van der Waals surface area (Å²) in [6, 6.07) is 17.6. The van der Waals surface area contributed by atoms with E-state index in [1.165, 1.54) is 17.0 Å². The van der Waals surface area contributed by atoms with Gasteiger partial charge in [-0.05, 0) is 79.8 Å². The molecule has 0 heterocycles. The van der Waals surface area contributed by atoms with Gasteiger partial charge >= 0.3 is 0 Å². The maximum absolute atomic E-state index is 14.1. The number of halogens is 2. The largest absolute Gasteiger partial charge is 0.354 e. The second-order valence-corrected chi connectivity index (χ2v) is 12.3. The molecular formula is C30H35Cl2N3O4S. The van der Waals surface area contributed by atoms with E-state index in [1.54, 1.807) is 48.5 Å². The molecule has 1 N–H and O–H groups in total. The molecule has 0 aliphatic rings. The molecule has 0 spiro atoms. The first kappa shape index (κ1) is 31.5. The van der Waals surface area contributed by atoms with Crippen LogP contribution < -0.4 is 9.62 Å². The van der Waals surface area contributed by atoms with Crippen LogP contribution in [0.25, 0.3) is 0 Å². The Morgan fingerprint density at radius 3 is 2.12 bits per heavy atom. The fourth-order valence-corrected chi connectivity index (χ4v) is 6.20. The van der Waals surface area contributed by atoms with Crippen LogP contribution >= 0.6 is 23.2 Å². The predicted octanol–water partition coefficient (Wildman–Crippen LogP) is 6.14. The van der Waals surface area contributed by atoms with Gasteiger partial charge < -0.3 is 10.2 Å². The number of carbonyl (C=O) groups excluding carboxylic acids is 2. The molecule has 1 atom stereocenters. The molecule has 40 heavy (non-hydrogen) atoms. The molecule has 0 fully saturated rings. The van der Waals surface area contributed by atoms with Crippen molar-refractivity contribution in [2.75, 3.05) is 17.4 Å². The van der Waals surface area contributed by atoms with E-state index in [9.17, 15) is 18.0 Å². The van der Waals surface area contributed by atoms with Gasteiger partial charge in [-0.3, -0.25) is 13.9 Å². The zero-order chi connectivity index (χ0) is 29.4. The number of nitrogens with one attached hydrogen (secondary N) is 1. The number of hydrogen-bond donors (Lipinski definition) is 1. The molecule has 0 saturated carbocycles. The van der Waals surface area contributed by atoms with Gasteiger partial charge in [-0.1, -0.05) is 67.4 Å². The second kappa shape index (κ2) is 14.0. The lowest BCUT2D eigenvalue weighted by Gasteiger charge is -2.33. The molecule has 0 radical (unpaired) electrons. The molecule has 0 bridgehead atoms. The highest BCUT2D eigenvalue weighted by atomic mass is 35.5. The van der Waals surface area contributed by atoms with Gasteiger partial charge in [0.15, 0.2) is 0 Å². The van der Waals surface area contributed by atoms with Gasteiger partial charge in [-0.25, -0.2) is 8.42 Å². The number of nitrogens with zero attached hydrogens (tertiary/aromatic N) is 2. The molecule has 3 aromatic rings. The number of anilines is 1. The SMILES string of the molecule is CCCNC(=O)C(CC)N(Cc1ccc(Cl)c(Cl)c1)C(=O)CN(c1cc(C)cc(C)c1)S(=O)(=O)c1ccccc1. The van der Waals surface area contributed by atoms with Crippen LogP contribution in [0, 0.1) is 13.8 Å². The lowest BCUT2D eigenvalue weighted by Crippen LogP contribution is -2.52. The van der Waals surface area contributed by atoms with Crippen molar-refractivity contribution in [2.24, 2.45) is 0 Å². The summed E-state index contributed by atoms with van der Waals surface area (Å²) in [5, 5.41) is 3.55. The number of aryl methyl sites for hydroxylation is 2. The van der Waals surface area contributed by atoms with Crippen LogP contribution in [-0.2, 0) is 26.2 Å². The van der Waals surface area contributed by atoms with Crippen LogP contribution in [0.3, 0.4) is 0 Å². The first-order valence-corrected chi connectivity index (χ1v) is 15.3. The molecule has 0 saturated heterocycles. The van der Waals surface area contributed by atoms with Gasteiger partial charge in [-0.15, -0.1) is 0 Å². The van der Waals surface area contributed by atoms with Gasteiger partial charge in [0.25, 0.3) is 10.0 Å². The summed E-state index contributed by atoms with van der Waals surface area (Å²) in [7, 11) is -4.12. The Labute approximate surface area is 247 Å². The molecule has 7 nitrogen and oxygen atoms in total. The number of rotatable bonds is 12. The molecule has 3 rings (SSSR count). The predicted molar refractivity (Wildman–Crippen MR) is 161 cm³/mol. The summed E-state index contributed by atoms with van der Waals surface area (Å²) in [5.41, 5.74) is 2.74. The summed E-state index contributed by atoms with van der Waals surface area (Å²) < 4.78 is 28.9. The van der Waals surface area contributed by atoms with Crippen LogP contribution in [0.4, 0.5) is 5.69 Å². The van der Waals surface area contributed by atoms with E-state index in [0.29, 0.717) is 34.3 Å². The van der Waals surface area contributed by atoms with Gasteiger partial charge in [0.05, 0.1) is 20.6 Å². The van der Waals surface area contributed by atoms with Crippen molar-refractivity contribution in [3.8, 4) is 0 Å². The molecule has 0 aliphatic carbocycles. The minimum atomic E-state index is -4.12. The number of hydrogen-bond acceptors (Lipinski definition) is 4. The third-order valence-electron chi connectivity index (χ3n) is 6.38. The van der Waals surface area contributed by atoms with Crippen molar-refractivity contribution < 1.29 is 18.0 Å². The Morgan fingerprint density at radius 1 is 0.900 bits per heavy atom. The maximum atomic E-state index is 14.1. The molecular weight excluding hydrogens is 569 g/mol. The fraction of sp³-hybridized carbons (Fsp3) is 0.333. The van der Waals surface area contributed by atoms with Crippen molar-refractivity contribution in [1.29, 1.82) is 0 Å². The van der Waals surface area contributed by atoms with Crippen LogP contribution in [0.15, 0.2) is 71.6 Å². The summed E-state index contributed by atoms with van der Waals surface area (Å²) in [6.45, 7) is 7.49. The Hall–Kier alpha value is -3.07. The first-order chi connectivity index (χ1) is 19.0. The number of amides is 2. The monoisotopic (exact) mass is 603 g/mol. The molecule has 1 unspecified atom stereocenters. The lowest BCUT2D eigenvalue weighted by molar-refractivity contribution is -0.140. The third kappa shape index (κ3) is 7.77. The molecule has 10 heteroatoms. The van der Waals surface area contributed by atoms with Crippen LogP contribution in [0.2, 0.25) is 10.0 Å². The highest BCUT2D eigenvalue weighted by Crippen LogP contribution is 2.28. The summed E-state index contributed by atoms with van der Waals surface area (Å²) in [5.74, 6) is -0.829. The highest BCUT2D eigenvalue weighted by molar-refractivity contribution is 7.92. The molecule has 2 amide bonds. The second-order valence-electron chi connectivity index (χ2n) is 9.66. The smallest absolute Gasteiger partial charge is 0.264 e. The van der Waals surface area contributed by atoms with Crippen molar-refractivity contribution >= 4 is 50.7 Å². The van der Waals surface area contributed by atoms with Gasteiger partial charge in [0.1, 0.15) is 12.6 Å². The lowest BCUT2D eigenvalue weighted by atomic mass is 10.1. The number of sulfonamides is 1. The quantitative estimate of drug-likeness (QED) is 0.269. The van der Waals surface area contributed by atoms with Crippen molar-refractivity contribution in [2.45, 2.75) is 58.0 Å². The summed E-state index contributed by atoms with van der Waals surface area (Å²) >= 11 is 12.3. The van der Waals surface area contributed by atoms with E-state index in [0.717, 1.165) is 21.9 Å². The highest BCUT2D eigenvalue weighted by Gasteiger charge is 2.33. The minimum Gasteiger partial charge on any atom is -0.354 e. The first-order valence-electron chi connectivity index (χ1n) is 13.1. The van der Waals surface area contributed by atoms with Crippen LogP contribution in [0.1, 0.15) is 43.4 Å². The number of benzene rings is 3. The fourth-order valence-electron chi connectivity index (χ4n) is 4.46. The normalized spacial score (nSPS) is 12.1. The zero-order valence-corrected chi connectivity index (χ0v) is 25.5.